The molecular weight excluding hydrogens is 370 g/mol. The lowest BCUT2D eigenvalue weighted by Crippen LogP contribution is -2.43. The van der Waals surface area contributed by atoms with Crippen LogP contribution in [0.3, 0.4) is 0 Å². The minimum absolute atomic E-state index is 0.0444. The zero-order valence-corrected chi connectivity index (χ0v) is 15.5. The second kappa shape index (κ2) is 8.06. The minimum atomic E-state index is -0.674. The third-order valence-corrected chi connectivity index (χ3v) is 4.69. The molecule has 0 bridgehead atoms. The topological polar surface area (TPSA) is 76.1 Å². The summed E-state index contributed by atoms with van der Waals surface area (Å²) in [6.07, 6.45) is 0. The Kier molecular flexibility index (Phi) is 5.16. The summed E-state index contributed by atoms with van der Waals surface area (Å²) >= 11 is 0. The van der Waals surface area contributed by atoms with Crippen LogP contribution in [0.2, 0.25) is 0 Å². The maximum atomic E-state index is 13.1. The van der Waals surface area contributed by atoms with E-state index >= 15 is 0 Å². The number of rotatable bonds is 4. The highest BCUT2D eigenvalue weighted by atomic mass is 16.5. The molecule has 0 saturated carbocycles. The SMILES string of the molecule is O=C(OCC(=O)N1c2ccccc2OC[C@H]1c1ccccc1)c1cccc(O)c1. The second-order valence-electron chi connectivity index (χ2n) is 6.60. The number of benzene rings is 3. The highest BCUT2D eigenvalue weighted by molar-refractivity contribution is 5.99. The number of hydrogen-bond donors (Lipinski definition) is 1. The molecule has 6 nitrogen and oxygen atoms in total. The van der Waals surface area contributed by atoms with Crippen LogP contribution in [0, 0.1) is 0 Å². The summed E-state index contributed by atoms with van der Waals surface area (Å²) in [5, 5.41) is 9.52. The Balaban J connectivity index is 1.57. The van der Waals surface area contributed by atoms with E-state index in [2.05, 4.69) is 0 Å². The summed E-state index contributed by atoms with van der Waals surface area (Å²) in [4.78, 5) is 27.0. The lowest BCUT2D eigenvalue weighted by Gasteiger charge is -2.37. The van der Waals surface area contributed by atoms with E-state index in [1.54, 1.807) is 17.0 Å². The third kappa shape index (κ3) is 3.91. The van der Waals surface area contributed by atoms with Gasteiger partial charge in [-0.05, 0) is 35.9 Å². The van der Waals surface area contributed by atoms with Crippen molar-refractivity contribution in [2.75, 3.05) is 18.1 Å². The summed E-state index contributed by atoms with van der Waals surface area (Å²) in [7, 11) is 0. The van der Waals surface area contributed by atoms with Gasteiger partial charge in [0, 0.05) is 0 Å². The largest absolute Gasteiger partial charge is 0.508 e. The van der Waals surface area contributed by atoms with Crippen LogP contribution in [0.15, 0.2) is 78.9 Å². The molecule has 6 heteroatoms. The highest BCUT2D eigenvalue weighted by Gasteiger charge is 2.33. The first kappa shape index (κ1) is 18.6. The van der Waals surface area contributed by atoms with Gasteiger partial charge in [-0.25, -0.2) is 4.79 Å². The average molecular weight is 389 g/mol. The molecule has 0 spiro atoms. The minimum Gasteiger partial charge on any atom is -0.508 e. The van der Waals surface area contributed by atoms with E-state index in [0.717, 1.165) is 5.56 Å². The molecule has 0 unspecified atom stereocenters. The molecule has 0 fully saturated rings. The van der Waals surface area contributed by atoms with Gasteiger partial charge < -0.3 is 14.6 Å². The standard InChI is InChI=1S/C23H19NO5/c25-18-10-6-9-17(13-18)23(27)29-15-22(26)24-19-11-4-5-12-21(19)28-14-20(24)16-7-2-1-3-8-16/h1-13,20,25H,14-15H2/t20-/m0/s1. The van der Waals surface area contributed by atoms with E-state index in [1.807, 2.05) is 42.5 Å². The van der Waals surface area contributed by atoms with Crippen LogP contribution in [0.25, 0.3) is 0 Å². The molecule has 146 valence electrons. The first-order chi connectivity index (χ1) is 14.1. The quantitative estimate of drug-likeness (QED) is 0.689. The molecule has 3 aromatic carbocycles. The maximum absolute atomic E-state index is 13.1. The molecule has 1 amide bonds. The zero-order chi connectivity index (χ0) is 20.2. The van der Waals surface area contributed by atoms with Crippen molar-refractivity contribution in [3.63, 3.8) is 0 Å². The molecule has 1 heterocycles. The van der Waals surface area contributed by atoms with Crippen molar-refractivity contribution < 1.29 is 24.2 Å². The average Bonchev–Trinajstić information content (AvgIpc) is 2.77. The predicted molar refractivity (Wildman–Crippen MR) is 107 cm³/mol. The van der Waals surface area contributed by atoms with Gasteiger partial charge in [0.05, 0.1) is 17.3 Å². The fraction of sp³-hybridized carbons (Fsp3) is 0.130. The number of amides is 1. The number of phenolic OH excluding ortho intramolecular Hbond substituents is 1. The number of esters is 1. The lowest BCUT2D eigenvalue weighted by molar-refractivity contribution is -0.122. The Morgan fingerprint density at radius 1 is 1.00 bits per heavy atom. The fourth-order valence-corrected chi connectivity index (χ4v) is 3.33. The number of ether oxygens (including phenoxy) is 2. The van der Waals surface area contributed by atoms with Crippen molar-refractivity contribution in [1.82, 2.24) is 0 Å². The van der Waals surface area contributed by atoms with Gasteiger partial charge in [-0.3, -0.25) is 9.69 Å². The lowest BCUT2D eigenvalue weighted by atomic mass is 10.0. The number of nitrogens with zero attached hydrogens (tertiary/aromatic N) is 1. The second-order valence-corrected chi connectivity index (χ2v) is 6.60. The van der Waals surface area contributed by atoms with Gasteiger partial charge in [-0.15, -0.1) is 0 Å². The summed E-state index contributed by atoms with van der Waals surface area (Å²) in [5.74, 6) is -0.473. The molecule has 0 aliphatic carbocycles. The van der Waals surface area contributed by atoms with Gasteiger partial charge in [0.1, 0.15) is 18.1 Å². The number of aromatic hydroxyl groups is 1. The van der Waals surface area contributed by atoms with Crippen LogP contribution in [0.5, 0.6) is 11.5 Å². The van der Waals surface area contributed by atoms with Crippen LogP contribution >= 0.6 is 0 Å². The number of fused-ring (bicyclic) bond motifs is 1. The monoisotopic (exact) mass is 389 g/mol. The van der Waals surface area contributed by atoms with Gasteiger partial charge in [0.2, 0.25) is 0 Å². The van der Waals surface area contributed by atoms with Gasteiger partial charge in [-0.1, -0.05) is 48.5 Å². The van der Waals surface area contributed by atoms with E-state index in [9.17, 15) is 14.7 Å². The van der Waals surface area contributed by atoms with E-state index < -0.39 is 12.6 Å². The Hall–Kier alpha value is -3.80. The Bertz CT molecular complexity index is 1030. The third-order valence-electron chi connectivity index (χ3n) is 4.69. The molecule has 1 atom stereocenters. The van der Waals surface area contributed by atoms with Gasteiger partial charge >= 0.3 is 5.97 Å². The first-order valence-corrected chi connectivity index (χ1v) is 9.18. The molecule has 4 rings (SSSR count). The van der Waals surface area contributed by atoms with E-state index in [4.69, 9.17) is 9.47 Å². The molecule has 3 aromatic rings. The number of para-hydroxylation sites is 2. The summed E-state index contributed by atoms with van der Waals surface area (Å²) in [5.41, 5.74) is 1.74. The fourth-order valence-electron chi connectivity index (χ4n) is 3.33. The molecule has 0 radical (unpaired) electrons. The Morgan fingerprint density at radius 3 is 2.55 bits per heavy atom. The number of anilines is 1. The first-order valence-electron chi connectivity index (χ1n) is 9.18. The number of carbonyl (C=O) groups is 2. The molecule has 1 N–H and O–H groups in total. The smallest absolute Gasteiger partial charge is 0.338 e. The van der Waals surface area contributed by atoms with Crippen molar-refractivity contribution >= 4 is 17.6 Å². The highest BCUT2D eigenvalue weighted by Crippen LogP contribution is 2.39. The van der Waals surface area contributed by atoms with Crippen LogP contribution in [-0.4, -0.2) is 30.2 Å². The van der Waals surface area contributed by atoms with Crippen LogP contribution in [0.4, 0.5) is 5.69 Å². The molecule has 0 saturated heterocycles. The van der Waals surface area contributed by atoms with Crippen molar-refractivity contribution in [3.05, 3.63) is 90.0 Å². The van der Waals surface area contributed by atoms with E-state index in [-0.39, 0.29) is 23.3 Å². The van der Waals surface area contributed by atoms with Crippen molar-refractivity contribution in [2.24, 2.45) is 0 Å². The van der Waals surface area contributed by atoms with Gasteiger partial charge in [0.15, 0.2) is 6.61 Å². The molecular formula is C23H19NO5. The molecule has 29 heavy (non-hydrogen) atoms. The van der Waals surface area contributed by atoms with Gasteiger partial charge in [0.25, 0.3) is 5.91 Å². The predicted octanol–water partition coefficient (Wildman–Crippen LogP) is 3.72. The van der Waals surface area contributed by atoms with Crippen molar-refractivity contribution in [2.45, 2.75) is 6.04 Å². The van der Waals surface area contributed by atoms with Crippen molar-refractivity contribution in [1.29, 1.82) is 0 Å². The van der Waals surface area contributed by atoms with Gasteiger partial charge in [-0.2, -0.15) is 0 Å². The van der Waals surface area contributed by atoms with Crippen molar-refractivity contribution in [3.8, 4) is 11.5 Å². The van der Waals surface area contributed by atoms with E-state index in [0.29, 0.717) is 18.0 Å². The number of hydrogen-bond acceptors (Lipinski definition) is 5. The summed E-state index contributed by atoms with van der Waals surface area (Å²) < 4.78 is 11.1. The van der Waals surface area contributed by atoms with Crippen LogP contribution < -0.4 is 9.64 Å². The van der Waals surface area contributed by atoms with Crippen LogP contribution in [0.1, 0.15) is 22.0 Å². The Morgan fingerprint density at radius 2 is 1.76 bits per heavy atom. The molecule has 0 aromatic heterocycles. The number of phenols is 1. The van der Waals surface area contributed by atoms with Crippen LogP contribution in [-0.2, 0) is 9.53 Å². The van der Waals surface area contributed by atoms with E-state index in [1.165, 1.54) is 24.3 Å². The zero-order valence-electron chi connectivity index (χ0n) is 15.5. The summed E-state index contributed by atoms with van der Waals surface area (Å²) in [6, 6.07) is 22.3. The molecule has 1 aliphatic rings. The Labute approximate surface area is 167 Å². The maximum Gasteiger partial charge on any atom is 0.338 e. The summed E-state index contributed by atoms with van der Waals surface area (Å²) in [6.45, 7) is -0.126. The molecule has 1 aliphatic heterocycles. The normalized spacial score (nSPS) is 15.2. The number of carbonyl (C=O) groups excluding carboxylic acids is 2.